The minimum Gasteiger partial charge on any atom is -0.326 e. The number of amides is 2. The Bertz CT molecular complexity index is 798. The van der Waals surface area contributed by atoms with Gasteiger partial charge in [-0.1, -0.05) is 24.3 Å². The monoisotopic (exact) mass is 306 g/mol. The van der Waals surface area contributed by atoms with Crippen LogP contribution < -0.4 is 10.6 Å². The van der Waals surface area contributed by atoms with Crippen LogP contribution in [0.1, 0.15) is 35.4 Å². The normalized spacial score (nSPS) is 18.8. The van der Waals surface area contributed by atoms with Gasteiger partial charge in [-0.25, -0.2) is 0 Å². The fourth-order valence-corrected chi connectivity index (χ4v) is 3.52. The summed E-state index contributed by atoms with van der Waals surface area (Å²) >= 11 is 0. The first kappa shape index (κ1) is 14.0. The van der Waals surface area contributed by atoms with Crippen LogP contribution in [0.15, 0.2) is 42.5 Å². The predicted molar refractivity (Wildman–Crippen MR) is 89.5 cm³/mol. The molecular weight excluding hydrogens is 288 g/mol. The molecule has 0 fully saturated rings. The van der Waals surface area contributed by atoms with E-state index in [0.29, 0.717) is 0 Å². The molecule has 0 saturated heterocycles. The standard InChI is InChI=1S/C19H18N2O2/c22-18-11-16(15-6-1-2-7-17(15)21-18)19(23)20-14-9-8-12-4-3-5-13(12)10-14/h1-2,6-10,16H,3-5,11H2,(H,20,23)(H,21,22). The number of anilines is 2. The van der Waals surface area contributed by atoms with Crippen molar-refractivity contribution in [2.45, 2.75) is 31.6 Å². The molecule has 1 aliphatic heterocycles. The molecule has 2 aromatic rings. The zero-order valence-electron chi connectivity index (χ0n) is 12.8. The maximum Gasteiger partial charge on any atom is 0.232 e. The minimum absolute atomic E-state index is 0.113. The lowest BCUT2D eigenvalue weighted by molar-refractivity contribution is -0.123. The van der Waals surface area contributed by atoms with Gasteiger partial charge in [0.1, 0.15) is 0 Å². The number of aryl methyl sites for hydroxylation is 2. The quantitative estimate of drug-likeness (QED) is 0.895. The van der Waals surface area contributed by atoms with Crippen LogP contribution in [0.4, 0.5) is 11.4 Å². The van der Waals surface area contributed by atoms with Gasteiger partial charge >= 0.3 is 0 Å². The largest absolute Gasteiger partial charge is 0.326 e. The highest BCUT2D eigenvalue weighted by Gasteiger charge is 2.30. The molecule has 0 spiro atoms. The van der Waals surface area contributed by atoms with Crippen LogP contribution in [0.25, 0.3) is 0 Å². The van der Waals surface area contributed by atoms with E-state index in [0.717, 1.165) is 29.8 Å². The first-order valence-corrected chi connectivity index (χ1v) is 8.02. The molecule has 1 aliphatic carbocycles. The predicted octanol–water partition coefficient (Wildman–Crippen LogP) is 3.24. The highest BCUT2D eigenvalue weighted by atomic mass is 16.2. The van der Waals surface area contributed by atoms with Crippen LogP contribution in [0.2, 0.25) is 0 Å². The Morgan fingerprint density at radius 2 is 1.91 bits per heavy atom. The smallest absolute Gasteiger partial charge is 0.232 e. The van der Waals surface area contributed by atoms with Crippen LogP contribution in [0.5, 0.6) is 0 Å². The molecule has 4 heteroatoms. The van der Waals surface area contributed by atoms with Gasteiger partial charge in [0.15, 0.2) is 0 Å². The van der Waals surface area contributed by atoms with Crippen molar-refractivity contribution in [1.82, 2.24) is 0 Å². The van der Waals surface area contributed by atoms with E-state index in [4.69, 9.17) is 0 Å². The molecule has 23 heavy (non-hydrogen) atoms. The number of rotatable bonds is 2. The Balaban J connectivity index is 1.59. The molecule has 1 atom stereocenters. The van der Waals surface area contributed by atoms with E-state index in [9.17, 15) is 9.59 Å². The van der Waals surface area contributed by atoms with Crippen molar-refractivity contribution in [3.8, 4) is 0 Å². The summed E-state index contributed by atoms with van der Waals surface area (Å²) in [5, 5.41) is 5.81. The Labute approximate surface area is 134 Å². The summed E-state index contributed by atoms with van der Waals surface area (Å²) in [5.74, 6) is -0.670. The van der Waals surface area contributed by atoms with E-state index in [1.807, 2.05) is 30.3 Å². The molecule has 2 aliphatic rings. The molecule has 0 aromatic heterocycles. The number of fused-ring (bicyclic) bond motifs is 2. The molecule has 4 nitrogen and oxygen atoms in total. The summed E-state index contributed by atoms with van der Waals surface area (Å²) < 4.78 is 0. The van der Waals surface area contributed by atoms with Gasteiger partial charge in [-0.15, -0.1) is 0 Å². The second-order valence-corrected chi connectivity index (χ2v) is 6.22. The van der Waals surface area contributed by atoms with Gasteiger partial charge in [-0.2, -0.15) is 0 Å². The average molecular weight is 306 g/mol. The number of hydrogen-bond donors (Lipinski definition) is 2. The first-order chi connectivity index (χ1) is 11.2. The molecule has 2 amide bonds. The van der Waals surface area contributed by atoms with Crippen LogP contribution in [0, 0.1) is 0 Å². The van der Waals surface area contributed by atoms with Crippen molar-refractivity contribution < 1.29 is 9.59 Å². The van der Waals surface area contributed by atoms with Crippen LogP contribution in [-0.4, -0.2) is 11.8 Å². The highest BCUT2D eigenvalue weighted by Crippen LogP contribution is 2.33. The summed E-state index contributed by atoms with van der Waals surface area (Å²) in [4.78, 5) is 24.5. The van der Waals surface area contributed by atoms with Crippen molar-refractivity contribution >= 4 is 23.2 Å². The number of benzene rings is 2. The fourth-order valence-electron chi connectivity index (χ4n) is 3.52. The van der Waals surface area contributed by atoms with E-state index in [2.05, 4.69) is 22.8 Å². The van der Waals surface area contributed by atoms with Gasteiger partial charge in [0.05, 0.1) is 5.92 Å². The molecule has 0 saturated carbocycles. The van der Waals surface area contributed by atoms with Crippen molar-refractivity contribution in [1.29, 1.82) is 0 Å². The Morgan fingerprint density at radius 1 is 1.09 bits per heavy atom. The lowest BCUT2D eigenvalue weighted by atomic mass is 9.89. The molecule has 0 bridgehead atoms. The van der Waals surface area contributed by atoms with E-state index < -0.39 is 5.92 Å². The zero-order chi connectivity index (χ0) is 15.8. The van der Waals surface area contributed by atoms with Gasteiger partial charge in [-0.05, 0) is 54.2 Å². The lowest BCUT2D eigenvalue weighted by Gasteiger charge is -2.24. The third-order valence-corrected chi connectivity index (χ3v) is 4.68. The van der Waals surface area contributed by atoms with E-state index in [1.165, 1.54) is 17.5 Å². The molecule has 0 radical (unpaired) electrons. The second kappa shape index (κ2) is 5.54. The highest BCUT2D eigenvalue weighted by molar-refractivity contribution is 6.05. The summed E-state index contributed by atoms with van der Waals surface area (Å²) in [7, 11) is 0. The van der Waals surface area contributed by atoms with Gasteiger partial charge in [0, 0.05) is 17.8 Å². The molecular formula is C19H18N2O2. The molecule has 2 aromatic carbocycles. The Hall–Kier alpha value is -2.62. The SMILES string of the molecule is O=C1CC(C(=O)Nc2ccc3c(c2)CCC3)c2ccccc2N1. The van der Waals surface area contributed by atoms with Gasteiger partial charge in [0.2, 0.25) is 11.8 Å². The van der Waals surface area contributed by atoms with Crippen molar-refractivity contribution in [3.05, 3.63) is 59.2 Å². The summed E-state index contributed by atoms with van der Waals surface area (Å²) in [6.45, 7) is 0. The molecule has 2 N–H and O–H groups in total. The van der Waals surface area contributed by atoms with Crippen LogP contribution in [-0.2, 0) is 22.4 Å². The number of carbonyl (C=O) groups is 2. The van der Waals surface area contributed by atoms with Gasteiger partial charge in [0.25, 0.3) is 0 Å². The topological polar surface area (TPSA) is 58.2 Å². The van der Waals surface area contributed by atoms with E-state index >= 15 is 0 Å². The Morgan fingerprint density at radius 3 is 2.83 bits per heavy atom. The summed E-state index contributed by atoms with van der Waals surface area (Å²) in [5.41, 5.74) is 5.14. The van der Waals surface area contributed by atoms with Crippen LogP contribution >= 0.6 is 0 Å². The molecule has 1 heterocycles. The number of nitrogens with one attached hydrogen (secondary N) is 2. The van der Waals surface area contributed by atoms with Crippen molar-refractivity contribution in [3.63, 3.8) is 0 Å². The van der Waals surface area contributed by atoms with E-state index in [-0.39, 0.29) is 18.2 Å². The number of carbonyl (C=O) groups excluding carboxylic acids is 2. The fraction of sp³-hybridized carbons (Fsp3) is 0.263. The van der Waals surface area contributed by atoms with Crippen molar-refractivity contribution in [2.75, 3.05) is 10.6 Å². The molecule has 116 valence electrons. The maximum atomic E-state index is 12.7. The lowest BCUT2D eigenvalue weighted by Crippen LogP contribution is -2.30. The first-order valence-electron chi connectivity index (χ1n) is 8.02. The molecule has 1 unspecified atom stereocenters. The number of hydrogen-bond acceptors (Lipinski definition) is 2. The Kier molecular flexibility index (Phi) is 3.37. The third-order valence-electron chi connectivity index (χ3n) is 4.68. The third kappa shape index (κ3) is 2.61. The molecule has 4 rings (SSSR count). The second-order valence-electron chi connectivity index (χ2n) is 6.22. The summed E-state index contributed by atoms with van der Waals surface area (Å²) in [6, 6.07) is 13.6. The van der Waals surface area contributed by atoms with Crippen LogP contribution in [0.3, 0.4) is 0 Å². The maximum absolute atomic E-state index is 12.7. The number of para-hydroxylation sites is 1. The van der Waals surface area contributed by atoms with Gasteiger partial charge < -0.3 is 10.6 Å². The summed E-state index contributed by atoms with van der Waals surface area (Å²) in [6.07, 6.45) is 3.57. The van der Waals surface area contributed by atoms with Gasteiger partial charge in [-0.3, -0.25) is 9.59 Å². The van der Waals surface area contributed by atoms with Crippen molar-refractivity contribution in [2.24, 2.45) is 0 Å². The van der Waals surface area contributed by atoms with E-state index in [1.54, 1.807) is 0 Å². The minimum atomic E-state index is -0.437. The average Bonchev–Trinajstić information content (AvgIpc) is 3.01. The zero-order valence-corrected chi connectivity index (χ0v) is 12.8.